The maximum Gasteiger partial charge on any atom is 0.401 e. The van der Waals surface area contributed by atoms with E-state index in [1.807, 2.05) is 23.6 Å². The van der Waals surface area contributed by atoms with Crippen LogP contribution in [0.1, 0.15) is 17.1 Å². The summed E-state index contributed by atoms with van der Waals surface area (Å²) < 4.78 is 41.4. The van der Waals surface area contributed by atoms with E-state index in [-0.39, 0.29) is 18.5 Å². The highest BCUT2D eigenvalue weighted by molar-refractivity contribution is 6.30. The van der Waals surface area contributed by atoms with E-state index in [0.717, 1.165) is 48.9 Å². The van der Waals surface area contributed by atoms with Crippen molar-refractivity contribution in [2.24, 2.45) is 5.41 Å². The van der Waals surface area contributed by atoms with Gasteiger partial charge >= 0.3 is 6.18 Å². The molecule has 178 valence electrons. The van der Waals surface area contributed by atoms with Gasteiger partial charge in [-0.2, -0.15) is 13.2 Å². The SMILES string of the molecule is Cc1cc(N2CC3(C2)CN(c2nnc4n2-c2ccc(Cl)cc2CN(CC(F)(F)F)C4)C3)ncn1. The zero-order valence-corrected chi connectivity index (χ0v) is 19.2. The first-order valence-electron chi connectivity index (χ1n) is 11.0. The van der Waals surface area contributed by atoms with Crippen molar-refractivity contribution in [3.63, 3.8) is 0 Å². The number of hydrogen-bond acceptors (Lipinski definition) is 7. The summed E-state index contributed by atoms with van der Waals surface area (Å²) in [6.07, 6.45) is -2.72. The Morgan fingerprint density at radius 3 is 2.50 bits per heavy atom. The van der Waals surface area contributed by atoms with Gasteiger partial charge in [0, 0.05) is 54.9 Å². The lowest BCUT2D eigenvalue weighted by Gasteiger charge is -2.60. The molecule has 0 radical (unpaired) electrons. The van der Waals surface area contributed by atoms with Gasteiger partial charge < -0.3 is 9.80 Å². The molecule has 1 spiro atoms. The van der Waals surface area contributed by atoms with Crippen LogP contribution in [0.4, 0.5) is 24.9 Å². The molecule has 2 saturated heterocycles. The van der Waals surface area contributed by atoms with Crippen molar-refractivity contribution in [1.82, 2.24) is 29.6 Å². The van der Waals surface area contributed by atoms with Gasteiger partial charge in [-0.1, -0.05) is 11.6 Å². The summed E-state index contributed by atoms with van der Waals surface area (Å²) in [5.74, 6) is 2.09. The van der Waals surface area contributed by atoms with Gasteiger partial charge in [-0.3, -0.25) is 9.47 Å². The number of anilines is 2. The smallest absolute Gasteiger partial charge is 0.355 e. The van der Waals surface area contributed by atoms with E-state index < -0.39 is 12.7 Å². The van der Waals surface area contributed by atoms with E-state index in [9.17, 15) is 13.2 Å². The number of aryl methyl sites for hydroxylation is 1. The highest BCUT2D eigenvalue weighted by Crippen LogP contribution is 2.44. The van der Waals surface area contributed by atoms with Crippen LogP contribution in [0, 0.1) is 12.3 Å². The number of fused-ring (bicyclic) bond motifs is 3. The molecule has 0 bridgehead atoms. The Labute approximate surface area is 199 Å². The van der Waals surface area contributed by atoms with Gasteiger partial charge in [-0.25, -0.2) is 9.97 Å². The average molecular weight is 491 g/mol. The molecule has 0 N–H and O–H groups in total. The van der Waals surface area contributed by atoms with Gasteiger partial charge in [-0.15, -0.1) is 10.2 Å². The third kappa shape index (κ3) is 3.76. The molecule has 0 atom stereocenters. The van der Waals surface area contributed by atoms with Crippen molar-refractivity contribution in [3.8, 4) is 5.69 Å². The zero-order chi connectivity index (χ0) is 23.7. The Morgan fingerprint density at radius 1 is 1.00 bits per heavy atom. The highest BCUT2D eigenvalue weighted by Gasteiger charge is 2.53. The molecule has 3 aliphatic rings. The molecule has 0 unspecified atom stereocenters. The van der Waals surface area contributed by atoms with Gasteiger partial charge in [0.15, 0.2) is 5.82 Å². The van der Waals surface area contributed by atoms with Crippen molar-refractivity contribution in [1.29, 1.82) is 0 Å². The second-order valence-electron chi connectivity index (χ2n) is 9.51. The molecule has 3 aliphatic heterocycles. The largest absolute Gasteiger partial charge is 0.401 e. The first-order valence-corrected chi connectivity index (χ1v) is 11.4. The van der Waals surface area contributed by atoms with Gasteiger partial charge in [0.05, 0.1) is 18.8 Å². The van der Waals surface area contributed by atoms with Gasteiger partial charge in [0.2, 0.25) is 5.95 Å². The number of aromatic nitrogens is 5. The molecule has 5 heterocycles. The number of rotatable bonds is 3. The summed E-state index contributed by atoms with van der Waals surface area (Å²) >= 11 is 6.18. The van der Waals surface area contributed by atoms with Crippen LogP contribution in [0.25, 0.3) is 5.69 Å². The Balaban J connectivity index is 1.24. The van der Waals surface area contributed by atoms with Crippen molar-refractivity contribution >= 4 is 23.4 Å². The summed E-state index contributed by atoms with van der Waals surface area (Å²) in [4.78, 5) is 14.2. The van der Waals surface area contributed by atoms with Crippen molar-refractivity contribution in [3.05, 3.63) is 52.7 Å². The van der Waals surface area contributed by atoms with Gasteiger partial charge in [0.1, 0.15) is 12.1 Å². The minimum Gasteiger partial charge on any atom is -0.355 e. The van der Waals surface area contributed by atoms with Crippen LogP contribution in [0.2, 0.25) is 5.02 Å². The Morgan fingerprint density at radius 2 is 1.76 bits per heavy atom. The third-order valence-electron chi connectivity index (χ3n) is 6.66. The van der Waals surface area contributed by atoms with E-state index in [1.165, 1.54) is 4.90 Å². The molecule has 0 saturated carbocycles. The van der Waals surface area contributed by atoms with E-state index in [2.05, 4.69) is 30.0 Å². The maximum atomic E-state index is 13.2. The minimum atomic E-state index is -4.31. The first-order chi connectivity index (χ1) is 16.2. The molecule has 3 aromatic rings. The molecule has 2 aromatic heterocycles. The molecule has 2 fully saturated rings. The van der Waals surface area contributed by atoms with Crippen LogP contribution < -0.4 is 9.80 Å². The van der Waals surface area contributed by atoms with Crippen molar-refractivity contribution < 1.29 is 13.2 Å². The molecule has 8 nitrogen and oxygen atoms in total. The second kappa shape index (κ2) is 7.54. The molecule has 1 aromatic carbocycles. The quantitative estimate of drug-likeness (QED) is 0.558. The summed E-state index contributed by atoms with van der Waals surface area (Å²) in [7, 11) is 0. The number of hydrogen-bond donors (Lipinski definition) is 0. The van der Waals surface area contributed by atoms with E-state index in [4.69, 9.17) is 11.6 Å². The molecule has 12 heteroatoms. The summed E-state index contributed by atoms with van der Waals surface area (Å²) in [5.41, 5.74) is 2.59. The normalized spacial score (nSPS) is 19.3. The van der Waals surface area contributed by atoms with Crippen LogP contribution in [0.15, 0.2) is 30.6 Å². The molecular weight excluding hydrogens is 469 g/mol. The molecule has 34 heavy (non-hydrogen) atoms. The van der Waals surface area contributed by atoms with Crippen molar-refractivity contribution in [2.45, 2.75) is 26.2 Å². The molecular formula is C22H22ClF3N8. The van der Waals surface area contributed by atoms with Crippen LogP contribution in [-0.4, -0.2) is 68.5 Å². The van der Waals surface area contributed by atoms with Crippen LogP contribution in [0.5, 0.6) is 0 Å². The fourth-order valence-corrected chi connectivity index (χ4v) is 5.46. The summed E-state index contributed by atoms with van der Waals surface area (Å²) in [6, 6.07) is 7.29. The minimum absolute atomic E-state index is 0.0542. The number of nitrogens with zero attached hydrogens (tertiary/aromatic N) is 8. The Hall–Kier alpha value is -2.92. The van der Waals surface area contributed by atoms with Crippen LogP contribution >= 0.6 is 11.6 Å². The number of alkyl halides is 3. The molecule has 0 aliphatic carbocycles. The first kappa shape index (κ1) is 21.6. The summed E-state index contributed by atoms with van der Waals surface area (Å²) in [6.45, 7) is 4.52. The number of benzene rings is 1. The van der Waals surface area contributed by atoms with E-state index in [0.29, 0.717) is 16.8 Å². The van der Waals surface area contributed by atoms with Crippen LogP contribution in [0.3, 0.4) is 0 Å². The maximum absolute atomic E-state index is 13.2. The topological polar surface area (TPSA) is 66.2 Å². The lowest BCUT2D eigenvalue weighted by Crippen LogP contribution is -2.73. The van der Waals surface area contributed by atoms with Gasteiger partial charge in [0.25, 0.3) is 0 Å². The highest BCUT2D eigenvalue weighted by atomic mass is 35.5. The molecule has 0 amide bonds. The predicted octanol–water partition coefficient (Wildman–Crippen LogP) is 3.22. The predicted molar refractivity (Wildman–Crippen MR) is 120 cm³/mol. The third-order valence-corrected chi connectivity index (χ3v) is 6.89. The van der Waals surface area contributed by atoms with Gasteiger partial charge in [-0.05, 0) is 30.7 Å². The zero-order valence-electron chi connectivity index (χ0n) is 18.4. The van der Waals surface area contributed by atoms with E-state index in [1.54, 1.807) is 18.5 Å². The fraction of sp³-hybridized carbons (Fsp3) is 0.455. The number of halogens is 4. The lowest BCUT2D eigenvalue weighted by molar-refractivity contribution is -0.148. The Bertz CT molecular complexity index is 1250. The fourth-order valence-electron chi connectivity index (χ4n) is 5.27. The standard InChI is InChI=1S/C22H22ClF3N8/c1-14-4-18(28-13-27-14)32-8-21(9-32)10-33(11-21)20-30-29-19-7-31(12-22(24,25)26)6-15-5-16(23)2-3-17(15)34(19)20/h2-5,13H,6-12H2,1H3. The molecule has 6 rings (SSSR count). The monoisotopic (exact) mass is 490 g/mol. The van der Waals surface area contributed by atoms with E-state index >= 15 is 0 Å². The van der Waals surface area contributed by atoms with Crippen LogP contribution in [-0.2, 0) is 13.1 Å². The Kier molecular flexibility index (Phi) is 4.79. The lowest BCUT2D eigenvalue weighted by atomic mass is 9.73. The second-order valence-corrected chi connectivity index (χ2v) is 9.95. The average Bonchev–Trinajstić information content (AvgIpc) is 3.01. The summed E-state index contributed by atoms with van der Waals surface area (Å²) in [5, 5.41) is 9.16. The van der Waals surface area contributed by atoms with Crippen molar-refractivity contribution in [2.75, 3.05) is 42.5 Å².